The van der Waals surface area contributed by atoms with Crippen molar-refractivity contribution in [2.75, 3.05) is 7.11 Å². The van der Waals surface area contributed by atoms with Gasteiger partial charge in [-0.2, -0.15) is 0 Å². The van der Waals surface area contributed by atoms with Crippen LogP contribution in [0, 0.1) is 11.6 Å². The molecule has 1 N–H and O–H groups in total. The largest absolute Gasteiger partial charge is 0.497 e. The minimum Gasteiger partial charge on any atom is -0.497 e. The number of rotatable bonds is 6. The Hall–Kier alpha value is -2.74. The van der Waals surface area contributed by atoms with Crippen molar-refractivity contribution in [1.29, 1.82) is 0 Å². The van der Waals surface area contributed by atoms with Gasteiger partial charge in [0.25, 0.3) is 0 Å². The standard InChI is InChI=1S/C18H15F2N3O2S/c1-10(16(24)12-5-8-14(19)15(20)9-12)26-18-21-17(22-23-18)11-3-6-13(25-2)7-4-11/h3-10H,1-2H3,(H,21,22,23)/t10-/m0/s1. The van der Waals surface area contributed by atoms with Crippen LogP contribution >= 0.6 is 11.8 Å². The number of ether oxygens (including phenoxy) is 1. The molecule has 1 aromatic heterocycles. The molecule has 0 fully saturated rings. The third kappa shape index (κ3) is 3.91. The van der Waals surface area contributed by atoms with E-state index in [-0.39, 0.29) is 11.3 Å². The Morgan fingerprint density at radius 1 is 1.15 bits per heavy atom. The topological polar surface area (TPSA) is 67.9 Å². The van der Waals surface area contributed by atoms with Crippen molar-refractivity contribution in [3.8, 4) is 17.1 Å². The predicted molar refractivity (Wildman–Crippen MR) is 94.4 cm³/mol. The molecular weight excluding hydrogens is 360 g/mol. The first-order chi connectivity index (χ1) is 12.5. The fraction of sp³-hybridized carbons (Fsp3) is 0.167. The molecule has 26 heavy (non-hydrogen) atoms. The number of methoxy groups -OCH3 is 1. The van der Waals surface area contributed by atoms with Gasteiger partial charge in [-0.3, -0.25) is 9.89 Å². The number of hydrogen-bond donors (Lipinski definition) is 1. The van der Waals surface area contributed by atoms with Gasteiger partial charge in [0.2, 0.25) is 5.16 Å². The third-order valence-electron chi connectivity index (χ3n) is 3.68. The summed E-state index contributed by atoms with van der Waals surface area (Å²) in [6.45, 7) is 1.66. The van der Waals surface area contributed by atoms with Gasteiger partial charge < -0.3 is 4.74 Å². The van der Waals surface area contributed by atoms with E-state index in [1.54, 1.807) is 26.2 Å². The molecule has 0 aliphatic rings. The number of aromatic nitrogens is 3. The summed E-state index contributed by atoms with van der Waals surface area (Å²) in [5.74, 6) is -1.08. The van der Waals surface area contributed by atoms with Gasteiger partial charge in [0, 0.05) is 11.1 Å². The molecule has 134 valence electrons. The summed E-state index contributed by atoms with van der Waals surface area (Å²) in [7, 11) is 1.59. The number of halogens is 2. The first-order valence-electron chi connectivity index (χ1n) is 7.70. The lowest BCUT2D eigenvalue weighted by Gasteiger charge is -2.08. The molecule has 3 rings (SSSR count). The molecule has 1 atom stereocenters. The summed E-state index contributed by atoms with van der Waals surface area (Å²) in [5, 5.41) is 6.74. The number of benzene rings is 2. The molecule has 0 bridgehead atoms. The number of hydrogen-bond acceptors (Lipinski definition) is 5. The van der Waals surface area contributed by atoms with Crippen LogP contribution in [0.25, 0.3) is 11.4 Å². The number of carbonyl (C=O) groups is 1. The van der Waals surface area contributed by atoms with E-state index in [2.05, 4.69) is 15.2 Å². The molecule has 0 saturated heterocycles. The first kappa shape index (κ1) is 18.1. The number of ketones is 1. The van der Waals surface area contributed by atoms with Crippen LogP contribution in [0.5, 0.6) is 5.75 Å². The summed E-state index contributed by atoms with van der Waals surface area (Å²) in [6, 6.07) is 10.4. The van der Waals surface area contributed by atoms with E-state index in [1.807, 2.05) is 12.1 Å². The highest BCUT2D eigenvalue weighted by Crippen LogP contribution is 2.26. The van der Waals surface area contributed by atoms with E-state index < -0.39 is 16.9 Å². The number of carbonyl (C=O) groups excluding carboxylic acids is 1. The molecule has 0 unspecified atom stereocenters. The second-order valence-electron chi connectivity index (χ2n) is 5.45. The fourth-order valence-electron chi connectivity index (χ4n) is 2.27. The lowest BCUT2D eigenvalue weighted by Crippen LogP contribution is -2.14. The lowest BCUT2D eigenvalue weighted by atomic mass is 10.1. The maximum Gasteiger partial charge on any atom is 0.209 e. The van der Waals surface area contributed by atoms with Gasteiger partial charge in [-0.15, -0.1) is 5.10 Å². The summed E-state index contributed by atoms with van der Waals surface area (Å²) in [6.07, 6.45) is 0. The minimum absolute atomic E-state index is 0.106. The second kappa shape index (κ2) is 7.65. The zero-order chi connectivity index (χ0) is 18.7. The van der Waals surface area contributed by atoms with Crippen LogP contribution in [-0.4, -0.2) is 33.3 Å². The quantitative estimate of drug-likeness (QED) is 0.518. The Morgan fingerprint density at radius 2 is 1.88 bits per heavy atom. The Kier molecular flexibility index (Phi) is 5.32. The van der Waals surface area contributed by atoms with E-state index in [9.17, 15) is 13.6 Å². The summed E-state index contributed by atoms with van der Waals surface area (Å²) < 4.78 is 31.4. The highest BCUT2D eigenvalue weighted by molar-refractivity contribution is 8.00. The van der Waals surface area contributed by atoms with Crippen LogP contribution in [0.2, 0.25) is 0 Å². The van der Waals surface area contributed by atoms with Crippen molar-refractivity contribution in [2.45, 2.75) is 17.3 Å². The SMILES string of the molecule is COc1ccc(-c2nc(S[C@@H](C)C(=O)c3ccc(F)c(F)c3)n[nH]2)cc1. The van der Waals surface area contributed by atoms with E-state index in [0.717, 1.165) is 35.2 Å². The Bertz CT molecular complexity index is 928. The smallest absolute Gasteiger partial charge is 0.209 e. The lowest BCUT2D eigenvalue weighted by molar-refractivity contribution is 0.0993. The molecule has 1 heterocycles. The molecule has 8 heteroatoms. The molecule has 0 amide bonds. The Balaban J connectivity index is 1.71. The third-order valence-corrected chi connectivity index (χ3v) is 4.64. The average Bonchev–Trinajstić information content (AvgIpc) is 3.12. The van der Waals surface area contributed by atoms with Crippen LogP contribution in [0.3, 0.4) is 0 Å². The van der Waals surface area contributed by atoms with Crippen molar-refractivity contribution in [3.05, 3.63) is 59.7 Å². The van der Waals surface area contributed by atoms with Gasteiger partial charge in [-0.25, -0.2) is 13.8 Å². The monoisotopic (exact) mass is 375 g/mol. The van der Waals surface area contributed by atoms with Gasteiger partial charge in [0.05, 0.1) is 12.4 Å². The zero-order valence-corrected chi connectivity index (χ0v) is 14.8. The van der Waals surface area contributed by atoms with Crippen LogP contribution in [0.4, 0.5) is 8.78 Å². The summed E-state index contributed by atoms with van der Waals surface area (Å²) >= 11 is 1.14. The van der Waals surface area contributed by atoms with Crippen molar-refractivity contribution < 1.29 is 18.3 Å². The van der Waals surface area contributed by atoms with Crippen LogP contribution in [-0.2, 0) is 0 Å². The fourth-order valence-corrected chi connectivity index (χ4v) is 3.07. The molecule has 0 radical (unpaired) electrons. The highest BCUT2D eigenvalue weighted by atomic mass is 32.2. The van der Waals surface area contributed by atoms with Crippen molar-refractivity contribution in [3.63, 3.8) is 0 Å². The van der Waals surface area contributed by atoms with Crippen LogP contribution < -0.4 is 4.74 Å². The Morgan fingerprint density at radius 3 is 2.54 bits per heavy atom. The van der Waals surface area contributed by atoms with Gasteiger partial charge in [-0.05, 0) is 49.4 Å². The number of aromatic amines is 1. The van der Waals surface area contributed by atoms with Crippen molar-refractivity contribution in [1.82, 2.24) is 15.2 Å². The van der Waals surface area contributed by atoms with E-state index in [1.165, 1.54) is 6.07 Å². The van der Waals surface area contributed by atoms with E-state index in [4.69, 9.17) is 4.74 Å². The molecule has 0 aliphatic heterocycles. The second-order valence-corrected chi connectivity index (χ2v) is 6.76. The minimum atomic E-state index is -1.05. The maximum absolute atomic E-state index is 13.3. The van der Waals surface area contributed by atoms with E-state index in [0.29, 0.717) is 11.0 Å². The zero-order valence-electron chi connectivity index (χ0n) is 14.0. The molecule has 3 aromatic rings. The molecule has 0 aliphatic carbocycles. The average molecular weight is 375 g/mol. The number of Topliss-reactive ketones (excluding diaryl/α,β-unsaturated/α-hetero) is 1. The van der Waals surface area contributed by atoms with E-state index >= 15 is 0 Å². The highest BCUT2D eigenvalue weighted by Gasteiger charge is 2.20. The van der Waals surface area contributed by atoms with Gasteiger partial charge in [0.15, 0.2) is 23.2 Å². The summed E-state index contributed by atoms with van der Waals surface area (Å²) in [4.78, 5) is 16.7. The number of nitrogens with zero attached hydrogens (tertiary/aromatic N) is 2. The van der Waals surface area contributed by atoms with Crippen LogP contribution in [0.15, 0.2) is 47.6 Å². The van der Waals surface area contributed by atoms with Gasteiger partial charge in [-0.1, -0.05) is 11.8 Å². The number of H-pyrrole nitrogens is 1. The molecule has 0 spiro atoms. The molecule has 5 nitrogen and oxygen atoms in total. The van der Waals surface area contributed by atoms with Crippen molar-refractivity contribution >= 4 is 17.5 Å². The van der Waals surface area contributed by atoms with Gasteiger partial charge >= 0.3 is 0 Å². The predicted octanol–water partition coefficient (Wildman–Crippen LogP) is 4.12. The maximum atomic E-state index is 13.3. The Labute approximate surface area is 152 Å². The molecule has 0 saturated carbocycles. The van der Waals surface area contributed by atoms with Crippen molar-refractivity contribution in [2.24, 2.45) is 0 Å². The molecule has 2 aromatic carbocycles. The number of nitrogens with one attached hydrogen (secondary N) is 1. The van der Waals surface area contributed by atoms with Crippen LogP contribution in [0.1, 0.15) is 17.3 Å². The summed E-state index contributed by atoms with van der Waals surface area (Å²) in [5.41, 5.74) is 0.930. The molecular formula is C18H15F2N3O2S. The first-order valence-corrected chi connectivity index (χ1v) is 8.58. The normalized spacial score (nSPS) is 12.0. The van der Waals surface area contributed by atoms with Gasteiger partial charge in [0.1, 0.15) is 5.75 Å². The number of thioether (sulfide) groups is 1.